The van der Waals surface area contributed by atoms with Gasteiger partial charge in [0.2, 0.25) is 5.91 Å². The summed E-state index contributed by atoms with van der Waals surface area (Å²) < 4.78 is 11.4. The Morgan fingerprint density at radius 1 is 1.24 bits per heavy atom. The molecule has 0 aromatic carbocycles. The molecular weight excluding hydrogens is 218 g/mol. The third kappa shape index (κ3) is 2.33. The summed E-state index contributed by atoms with van der Waals surface area (Å²) in [6.07, 6.45) is 6.43. The van der Waals surface area contributed by atoms with E-state index in [9.17, 15) is 4.79 Å². The van der Waals surface area contributed by atoms with Gasteiger partial charge in [0.15, 0.2) is 5.79 Å². The molecule has 0 N–H and O–H groups in total. The van der Waals surface area contributed by atoms with Gasteiger partial charge in [-0.1, -0.05) is 6.42 Å². The van der Waals surface area contributed by atoms with E-state index in [2.05, 4.69) is 0 Å². The highest BCUT2D eigenvalue weighted by atomic mass is 16.7. The predicted molar refractivity (Wildman–Crippen MR) is 62.4 cm³/mol. The summed E-state index contributed by atoms with van der Waals surface area (Å²) in [6.45, 7) is 2.86. The molecule has 2 saturated heterocycles. The summed E-state index contributed by atoms with van der Waals surface area (Å²) >= 11 is 0. The van der Waals surface area contributed by atoms with Crippen molar-refractivity contribution in [1.29, 1.82) is 0 Å². The zero-order chi connectivity index (χ0) is 11.7. The lowest BCUT2D eigenvalue weighted by Gasteiger charge is -2.39. The number of piperidine rings is 1. The van der Waals surface area contributed by atoms with Crippen LogP contribution in [0.15, 0.2) is 0 Å². The minimum absolute atomic E-state index is 0.299. The molecule has 1 aliphatic carbocycles. The zero-order valence-corrected chi connectivity index (χ0v) is 10.3. The van der Waals surface area contributed by atoms with Gasteiger partial charge in [-0.25, -0.2) is 0 Å². The van der Waals surface area contributed by atoms with Crippen LogP contribution < -0.4 is 0 Å². The lowest BCUT2D eigenvalue weighted by atomic mass is 9.82. The monoisotopic (exact) mass is 239 g/mol. The van der Waals surface area contributed by atoms with E-state index in [1.165, 1.54) is 19.3 Å². The number of carbonyl (C=O) groups excluding carboxylic acids is 1. The highest BCUT2D eigenvalue weighted by Crippen LogP contribution is 2.33. The number of rotatable bonds is 2. The van der Waals surface area contributed by atoms with Crippen LogP contribution in [-0.4, -0.2) is 42.9 Å². The molecule has 1 saturated carbocycles. The molecule has 4 heteroatoms. The predicted octanol–water partition coefficient (Wildman–Crippen LogP) is 1.54. The summed E-state index contributed by atoms with van der Waals surface area (Å²) in [7, 11) is 0. The zero-order valence-electron chi connectivity index (χ0n) is 10.3. The van der Waals surface area contributed by atoms with Crippen molar-refractivity contribution < 1.29 is 14.3 Å². The third-order valence-corrected chi connectivity index (χ3v) is 4.27. The van der Waals surface area contributed by atoms with E-state index in [-0.39, 0.29) is 0 Å². The second-order valence-corrected chi connectivity index (χ2v) is 5.53. The van der Waals surface area contributed by atoms with E-state index in [4.69, 9.17) is 9.47 Å². The van der Waals surface area contributed by atoms with Crippen molar-refractivity contribution >= 4 is 5.91 Å². The first kappa shape index (κ1) is 11.5. The minimum atomic E-state index is -0.465. The summed E-state index contributed by atoms with van der Waals surface area (Å²) in [4.78, 5) is 14.1. The number of ether oxygens (including phenoxy) is 2. The van der Waals surface area contributed by atoms with Gasteiger partial charge in [0.05, 0.1) is 19.8 Å². The highest BCUT2D eigenvalue weighted by Gasteiger charge is 2.42. The first-order valence-electron chi connectivity index (χ1n) is 6.83. The normalized spacial score (nSPS) is 28.4. The van der Waals surface area contributed by atoms with Crippen LogP contribution in [0.2, 0.25) is 0 Å². The number of hydrogen-bond donors (Lipinski definition) is 0. The molecule has 2 aliphatic heterocycles. The Morgan fingerprint density at radius 2 is 2.00 bits per heavy atom. The first-order chi connectivity index (χ1) is 8.27. The van der Waals surface area contributed by atoms with Crippen LogP contribution in [0.4, 0.5) is 0 Å². The number of amides is 1. The van der Waals surface area contributed by atoms with Gasteiger partial charge in [0.25, 0.3) is 0 Å². The van der Waals surface area contributed by atoms with E-state index >= 15 is 0 Å². The molecule has 0 aromatic rings. The maximum atomic E-state index is 12.2. The second-order valence-electron chi connectivity index (χ2n) is 5.53. The number of carbonyl (C=O) groups is 1. The van der Waals surface area contributed by atoms with E-state index in [0.717, 1.165) is 25.8 Å². The van der Waals surface area contributed by atoms with Crippen LogP contribution in [0.5, 0.6) is 0 Å². The average Bonchev–Trinajstić information content (AvgIpc) is 2.71. The number of nitrogens with zero attached hydrogens (tertiary/aromatic N) is 1. The molecule has 0 aromatic heterocycles. The van der Waals surface area contributed by atoms with Crippen molar-refractivity contribution in [2.24, 2.45) is 5.92 Å². The molecule has 3 rings (SSSR count). The Labute approximate surface area is 102 Å². The molecule has 0 radical (unpaired) electrons. The molecule has 1 amide bonds. The van der Waals surface area contributed by atoms with Crippen molar-refractivity contribution in [3.63, 3.8) is 0 Å². The largest absolute Gasteiger partial charge is 0.346 e. The van der Waals surface area contributed by atoms with Crippen LogP contribution in [0.3, 0.4) is 0 Å². The Morgan fingerprint density at radius 3 is 2.65 bits per heavy atom. The SMILES string of the molecule is O=C(CC1CCC1)N1CCCC2(C1)OCCO2. The van der Waals surface area contributed by atoms with Gasteiger partial charge >= 0.3 is 0 Å². The molecule has 4 nitrogen and oxygen atoms in total. The standard InChI is InChI=1S/C13H21NO3/c15-12(9-11-3-1-4-11)14-6-2-5-13(10-14)16-7-8-17-13/h11H,1-10H2. The van der Waals surface area contributed by atoms with Gasteiger partial charge < -0.3 is 14.4 Å². The topological polar surface area (TPSA) is 38.8 Å². The molecule has 3 fully saturated rings. The van der Waals surface area contributed by atoms with Crippen molar-refractivity contribution in [2.75, 3.05) is 26.3 Å². The fourth-order valence-corrected chi connectivity index (χ4v) is 3.01. The van der Waals surface area contributed by atoms with Crippen LogP contribution in [-0.2, 0) is 14.3 Å². The Kier molecular flexibility index (Phi) is 3.09. The fourth-order valence-electron chi connectivity index (χ4n) is 3.01. The first-order valence-corrected chi connectivity index (χ1v) is 6.83. The van der Waals surface area contributed by atoms with Crippen LogP contribution >= 0.6 is 0 Å². The van der Waals surface area contributed by atoms with Crippen LogP contribution in [0.25, 0.3) is 0 Å². The highest BCUT2D eigenvalue weighted by molar-refractivity contribution is 5.76. The van der Waals surface area contributed by atoms with E-state index < -0.39 is 5.79 Å². The maximum Gasteiger partial charge on any atom is 0.223 e. The van der Waals surface area contributed by atoms with Crippen molar-refractivity contribution in [1.82, 2.24) is 4.90 Å². The van der Waals surface area contributed by atoms with Gasteiger partial charge in [-0.15, -0.1) is 0 Å². The molecule has 3 aliphatic rings. The van der Waals surface area contributed by atoms with Gasteiger partial charge in [-0.05, 0) is 25.2 Å². The molecule has 0 atom stereocenters. The third-order valence-electron chi connectivity index (χ3n) is 4.27. The summed E-state index contributed by atoms with van der Waals surface area (Å²) in [5, 5.41) is 0. The van der Waals surface area contributed by atoms with Gasteiger partial charge in [-0.3, -0.25) is 4.79 Å². The lowest BCUT2D eigenvalue weighted by Crippen LogP contribution is -2.51. The lowest BCUT2D eigenvalue weighted by molar-refractivity contribution is -0.193. The summed E-state index contributed by atoms with van der Waals surface area (Å²) in [6, 6.07) is 0. The molecule has 17 heavy (non-hydrogen) atoms. The van der Waals surface area contributed by atoms with E-state index in [0.29, 0.717) is 31.6 Å². The van der Waals surface area contributed by atoms with Crippen LogP contribution in [0, 0.1) is 5.92 Å². The molecule has 96 valence electrons. The van der Waals surface area contributed by atoms with Gasteiger partial charge in [-0.2, -0.15) is 0 Å². The quantitative estimate of drug-likeness (QED) is 0.733. The van der Waals surface area contributed by atoms with Crippen LogP contribution in [0.1, 0.15) is 38.5 Å². The maximum absolute atomic E-state index is 12.2. The van der Waals surface area contributed by atoms with E-state index in [1.54, 1.807) is 0 Å². The molecule has 0 unspecified atom stereocenters. The summed E-state index contributed by atoms with van der Waals surface area (Å²) in [5.41, 5.74) is 0. The minimum Gasteiger partial charge on any atom is -0.346 e. The molecule has 0 bridgehead atoms. The Hall–Kier alpha value is -0.610. The average molecular weight is 239 g/mol. The number of likely N-dealkylation sites (tertiary alicyclic amines) is 1. The van der Waals surface area contributed by atoms with Crippen molar-refractivity contribution in [2.45, 2.75) is 44.3 Å². The van der Waals surface area contributed by atoms with Crippen molar-refractivity contribution in [3.05, 3.63) is 0 Å². The Bertz CT molecular complexity index is 295. The second kappa shape index (κ2) is 4.58. The van der Waals surface area contributed by atoms with Gasteiger partial charge in [0.1, 0.15) is 0 Å². The van der Waals surface area contributed by atoms with E-state index in [1.807, 2.05) is 4.90 Å². The molecule has 1 spiro atoms. The van der Waals surface area contributed by atoms with Crippen molar-refractivity contribution in [3.8, 4) is 0 Å². The molecule has 2 heterocycles. The number of hydrogen-bond acceptors (Lipinski definition) is 3. The fraction of sp³-hybridized carbons (Fsp3) is 0.923. The summed E-state index contributed by atoms with van der Waals surface area (Å²) in [5.74, 6) is 0.478. The smallest absolute Gasteiger partial charge is 0.223 e. The Balaban J connectivity index is 1.56. The molecular formula is C13H21NO3. The van der Waals surface area contributed by atoms with Gasteiger partial charge in [0, 0.05) is 19.4 Å².